The summed E-state index contributed by atoms with van der Waals surface area (Å²) in [5.41, 5.74) is 1.96. The zero-order valence-electron chi connectivity index (χ0n) is 15.9. The van der Waals surface area contributed by atoms with E-state index in [-0.39, 0.29) is 12.9 Å². The fourth-order valence-electron chi connectivity index (χ4n) is 2.82. The van der Waals surface area contributed by atoms with Crippen molar-refractivity contribution in [1.82, 2.24) is 0 Å². The summed E-state index contributed by atoms with van der Waals surface area (Å²) in [6.45, 7) is 0.183. The Balaban J connectivity index is 2.25. The van der Waals surface area contributed by atoms with Gasteiger partial charge < -0.3 is 23.7 Å². The van der Waals surface area contributed by atoms with Crippen LogP contribution in [0.1, 0.15) is 23.7 Å². The molecule has 0 amide bonds. The number of aryl methyl sites for hydroxylation is 1. The highest BCUT2D eigenvalue weighted by Gasteiger charge is 2.18. The summed E-state index contributed by atoms with van der Waals surface area (Å²) in [6.07, 6.45) is 1.22. The molecule has 0 N–H and O–H groups in total. The molecular formula is C20H24BrClO5. The lowest BCUT2D eigenvalue weighted by Crippen LogP contribution is -2.09. The molecule has 2 rings (SSSR count). The normalized spacial score (nSPS) is 11.9. The molecule has 0 aliphatic heterocycles. The van der Waals surface area contributed by atoms with Crippen LogP contribution in [0.4, 0.5) is 0 Å². The van der Waals surface area contributed by atoms with Crippen LogP contribution >= 0.6 is 27.5 Å². The van der Waals surface area contributed by atoms with E-state index in [0.29, 0.717) is 28.7 Å². The molecule has 1 atom stereocenters. The van der Waals surface area contributed by atoms with Gasteiger partial charge in [0.05, 0.1) is 27.4 Å². The summed E-state index contributed by atoms with van der Waals surface area (Å²) in [6, 6.07) is 9.61. The monoisotopic (exact) mass is 458 g/mol. The predicted octanol–water partition coefficient (Wildman–Crippen LogP) is 5.42. The molecule has 27 heavy (non-hydrogen) atoms. The van der Waals surface area contributed by atoms with Gasteiger partial charge in [-0.05, 0) is 48.7 Å². The Kier molecular flexibility index (Phi) is 8.70. The highest BCUT2D eigenvalue weighted by atomic mass is 79.9. The molecule has 0 saturated carbocycles. The summed E-state index contributed by atoms with van der Waals surface area (Å²) >= 11 is 9.88. The summed E-state index contributed by atoms with van der Waals surface area (Å²) < 4.78 is 28.1. The Morgan fingerprint density at radius 3 is 2.19 bits per heavy atom. The van der Waals surface area contributed by atoms with Crippen molar-refractivity contribution in [3.05, 3.63) is 51.0 Å². The molecule has 0 fully saturated rings. The van der Waals surface area contributed by atoms with E-state index in [0.717, 1.165) is 22.0 Å². The molecule has 0 aromatic heterocycles. The molecule has 0 radical (unpaired) electrons. The van der Waals surface area contributed by atoms with Crippen molar-refractivity contribution >= 4 is 27.5 Å². The first kappa shape index (κ1) is 21.8. The molecular weight excluding hydrogens is 436 g/mol. The van der Waals surface area contributed by atoms with Gasteiger partial charge in [-0.2, -0.15) is 0 Å². The average molecular weight is 460 g/mol. The lowest BCUT2D eigenvalue weighted by Gasteiger charge is -2.20. The Morgan fingerprint density at radius 1 is 0.963 bits per heavy atom. The Labute approximate surface area is 173 Å². The first-order valence-electron chi connectivity index (χ1n) is 8.38. The van der Waals surface area contributed by atoms with E-state index in [1.807, 2.05) is 30.3 Å². The number of rotatable bonds is 10. The highest BCUT2D eigenvalue weighted by molar-refractivity contribution is 9.10. The third-order valence-electron chi connectivity index (χ3n) is 4.11. The predicted molar refractivity (Wildman–Crippen MR) is 109 cm³/mol. The maximum Gasteiger partial charge on any atom is 0.203 e. The fraction of sp³-hybridized carbons (Fsp3) is 0.400. The van der Waals surface area contributed by atoms with Gasteiger partial charge in [-0.25, -0.2) is 0 Å². The molecule has 148 valence electrons. The molecule has 0 aliphatic carbocycles. The van der Waals surface area contributed by atoms with Gasteiger partial charge in [0, 0.05) is 22.2 Å². The minimum atomic E-state index is -0.214. The summed E-state index contributed by atoms with van der Waals surface area (Å²) in [5, 5.41) is 0.657. The lowest BCUT2D eigenvalue weighted by molar-refractivity contribution is -0.0756. The molecule has 2 aromatic carbocycles. The minimum Gasteiger partial charge on any atom is -0.493 e. The number of hydrogen-bond donors (Lipinski definition) is 0. The number of ether oxygens (including phenoxy) is 5. The number of methoxy groups -OCH3 is 4. The maximum absolute atomic E-state index is 6.39. The molecule has 0 unspecified atom stereocenters. The zero-order chi connectivity index (χ0) is 19.8. The van der Waals surface area contributed by atoms with Gasteiger partial charge in [0.15, 0.2) is 11.5 Å². The van der Waals surface area contributed by atoms with E-state index in [4.69, 9.17) is 35.3 Å². The smallest absolute Gasteiger partial charge is 0.203 e. The van der Waals surface area contributed by atoms with Gasteiger partial charge in [0.1, 0.15) is 6.79 Å². The van der Waals surface area contributed by atoms with Crippen molar-refractivity contribution in [1.29, 1.82) is 0 Å². The van der Waals surface area contributed by atoms with Gasteiger partial charge in [-0.3, -0.25) is 0 Å². The summed E-state index contributed by atoms with van der Waals surface area (Å²) in [4.78, 5) is 0. The van der Waals surface area contributed by atoms with Crippen LogP contribution in [-0.4, -0.2) is 35.2 Å². The van der Waals surface area contributed by atoms with Gasteiger partial charge in [0.2, 0.25) is 5.75 Å². The van der Waals surface area contributed by atoms with Crippen LogP contribution in [0.25, 0.3) is 0 Å². The lowest BCUT2D eigenvalue weighted by atomic mass is 10.0. The molecule has 2 aromatic rings. The van der Waals surface area contributed by atoms with Crippen LogP contribution in [0, 0.1) is 0 Å². The molecule has 7 heteroatoms. The second kappa shape index (κ2) is 10.8. The van der Waals surface area contributed by atoms with Gasteiger partial charge in [-0.15, -0.1) is 0 Å². The van der Waals surface area contributed by atoms with Crippen LogP contribution in [-0.2, 0) is 15.9 Å². The van der Waals surface area contributed by atoms with E-state index in [1.54, 1.807) is 28.4 Å². The highest BCUT2D eigenvalue weighted by Crippen LogP contribution is 2.39. The Bertz CT molecular complexity index is 728. The van der Waals surface area contributed by atoms with Crippen molar-refractivity contribution in [3.8, 4) is 17.2 Å². The average Bonchev–Trinajstić information content (AvgIpc) is 2.69. The second-order valence-corrected chi connectivity index (χ2v) is 7.12. The first-order chi connectivity index (χ1) is 13.0. The second-order valence-electron chi connectivity index (χ2n) is 5.80. The Morgan fingerprint density at radius 2 is 1.63 bits per heavy atom. The van der Waals surface area contributed by atoms with Crippen LogP contribution < -0.4 is 14.2 Å². The SMILES string of the molecule is COCO[C@H](CCc1cc(OC)c(OC)c(OC)c1)c1cc(Br)ccc1Cl. The van der Waals surface area contributed by atoms with Crippen LogP contribution in [0.2, 0.25) is 5.02 Å². The van der Waals surface area contributed by atoms with Gasteiger partial charge in [0.25, 0.3) is 0 Å². The standard InChI is InChI=1S/C20H24BrClO5/c1-23-12-27-17(15-11-14(21)6-7-16(15)22)8-5-13-9-18(24-2)20(26-4)19(10-13)25-3/h6-7,9-11,17H,5,8,12H2,1-4H3/t17-/m1/s1. The quantitative estimate of drug-likeness (QED) is 0.444. The third kappa shape index (κ3) is 5.75. The van der Waals surface area contributed by atoms with Crippen LogP contribution in [0.15, 0.2) is 34.8 Å². The largest absolute Gasteiger partial charge is 0.493 e. The van der Waals surface area contributed by atoms with Crippen LogP contribution in [0.5, 0.6) is 17.2 Å². The molecule has 5 nitrogen and oxygen atoms in total. The van der Waals surface area contributed by atoms with Crippen molar-refractivity contribution in [2.45, 2.75) is 18.9 Å². The number of hydrogen-bond acceptors (Lipinski definition) is 5. The summed E-state index contributed by atoms with van der Waals surface area (Å²) in [5.74, 6) is 1.83. The topological polar surface area (TPSA) is 46.2 Å². The Hall–Kier alpha value is -1.47. The van der Waals surface area contributed by atoms with Crippen molar-refractivity contribution in [2.75, 3.05) is 35.2 Å². The van der Waals surface area contributed by atoms with E-state index in [2.05, 4.69) is 15.9 Å². The zero-order valence-corrected chi connectivity index (χ0v) is 18.2. The maximum atomic E-state index is 6.39. The van der Waals surface area contributed by atoms with E-state index >= 15 is 0 Å². The van der Waals surface area contributed by atoms with Crippen molar-refractivity contribution in [3.63, 3.8) is 0 Å². The summed E-state index contributed by atoms with van der Waals surface area (Å²) in [7, 11) is 6.39. The fourth-order valence-corrected chi connectivity index (χ4v) is 3.44. The van der Waals surface area contributed by atoms with E-state index in [1.165, 1.54) is 0 Å². The van der Waals surface area contributed by atoms with Gasteiger partial charge in [-0.1, -0.05) is 27.5 Å². The molecule has 0 bridgehead atoms. The number of halogens is 2. The number of benzene rings is 2. The molecule has 0 saturated heterocycles. The minimum absolute atomic E-state index is 0.183. The van der Waals surface area contributed by atoms with Crippen LogP contribution in [0.3, 0.4) is 0 Å². The van der Waals surface area contributed by atoms with Gasteiger partial charge >= 0.3 is 0 Å². The van der Waals surface area contributed by atoms with E-state index < -0.39 is 0 Å². The van der Waals surface area contributed by atoms with Crippen molar-refractivity contribution in [2.24, 2.45) is 0 Å². The van der Waals surface area contributed by atoms with Crippen molar-refractivity contribution < 1.29 is 23.7 Å². The third-order valence-corrected chi connectivity index (χ3v) is 4.95. The molecule has 0 spiro atoms. The first-order valence-corrected chi connectivity index (χ1v) is 9.55. The molecule has 0 heterocycles. The molecule has 0 aliphatic rings. The van der Waals surface area contributed by atoms with E-state index in [9.17, 15) is 0 Å².